The number of hydrogen-bond acceptors (Lipinski definition) is 6. The van der Waals surface area contributed by atoms with Crippen LogP contribution in [-0.4, -0.2) is 27.8 Å². The molecule has 0 aliphatic carbocycles. The Kier molecular flexibility index (Phi) is 4.72. The molecule has 8 heteroatoms. The highest BCUT2D eigenvalue weighted by molar-refractivity contribution is 6.70. The van der Waals surface area contributed by atoms with Gasteiger partial charge < -0.3 is 5.73 Å². The molecule has 2 aromatic rings. The topological polar surface area (TPSA) is 123 Å². The monoisotopic (exact) mass is 365 g/mol. The number of carbonyl (C=O) groups excluding carboxylic acids is 1. The number of aliphatic imine (C=N–C) groups is 1. The molecular formula is C19H19N5O3. The molecule has 1 amide bonds. The number of fused-ring (bicyclic) bond motifs is 1. The lowest BCUT2D eigenvalue weighted by molar-refractivity contribution is -0.384. The van der Waals surface area contributed by atoms with Gasteiger partial charge in [-0.05, 0) is 31.9 Å². The standard InChI is InChI=1S/C19H19N5O3/c1-19(2)11-12-6-3-4-9-15(12)16(21-19)17(18(20)25)23-22-13-7-5-8-14(10-13)24(26)27/h3-10,22H,11H2,1-2H3,(H2,20,25). The van der Waals surface area contributed by atoms with E-state index in [2.05, 4.69) is 15.5 Å². The molecule has 27 heavy (non-hydrogen) atoms. The number of benzene rings is 2. The van der Waals surface area contributed by atoms with Gasteiger partial charge in [-0.1, -0.05) is 30.3 Å². The number of nitrogens with one attached hydrogen (secondary N) is 1. The third-order valence-electron chi connectivity index (χ3n) is 4.12. The molecule has 138 valence electrons. The van der Waals surface area contributed by atoms with Crippen LogP contribution in [0.3, 0.4) is 0 Å². The highest BCUT2D eigenvalue weighted by Gasteiger charge is 2.30. The molecule has 8 nitrogen and oxygen atoms in total. The van der Waals surface area contributed by atoms with Crippen molar-refractivity contribution < 1.29 is 9.72 Å². The molecule has 3 N–H and O–H groups in total. The van der Waals surface area contributed by atoms with E-state index in [0.29, 0.717) is 11.4 Å². The van der Waals surface area contributed by atoms with Gasteiger partial charge in [-0.25, -0.2) is 0 Å². The van der Waals surface area contributed by atoms with Crippen LogP contribution in [0.15, 0.2) is 58.6 Å². The van der Waals surface area contributed by atoms with Gasteiger partial charge in [0.25, 0.3) is 11.6 Å². The third kappa shape index (κ3) is 4.00. The third-order valence-corrected chi connectivity index (χ3v) is 4.12. The quantitative estimate of drug-likeness (QED) is 0.480. The minimum absolute atomic E-state index is 0.0262. The maximum Gasteiger partial charge on any atom is 0.271 e. The number of amides is 1. The summed E-state index contributed by atoms with van der Waals surface area (Å²) in [5.41, 5.74) is 10.3. The van der Waals surface area contributed by atoms with E-state index in [1.54, 1.807) is 6.07 Å². The van der Waals surface area contributed by atoms with Crippen molar-refractivity contribution in [1.82, 2.24) is 0 Å². The number of hydrogen-bond donors (Lipinski definition) is 2. The van der Waals surface area contributed by atoms with Crippen LogP contribution < -0.4 is 11.2 Å². The van der Waals surface area contributed by atoms with Crippen LogP contribution in [0.2, 0.25) is 0 Å². The van der Waals surface area contributed by atoms with E-state index >= 15 is 0 Å². The van der Waals surface area contributed by atoms with Gasteiger partial charge in [-0.3, -0.25) is 25.3 Å². The number of rotatable bonds is 5. The van der Waals surface area contributed by atoms with E-state index in [1.807, 2.05) is 38.1 Å². The van der Waals surface area contributed by atoms with Crippen molar-refractivity contribution in [2.75, 3.05) is 5.43 Å². The van der Waals surface area contributed by atoms with Crippen LogP contribution in [0.4, 0.5) is 11.4 Å². The van der Waals surface area contributed by atoms with Gasteiger partial charge in [0.05, 0.1) is 21.9 Å². The minimum atomic E-state index is -0.737. The van der Waals surface area contributed by atoms with Crippen molar-refractivity contribution in [2.45, 2.75) is 25.8 Å². The average molecular weight is 365 g/mol. The average Bonchev–Trinajstić information content (AvgIpc) is 2.60. The predicted molar refractivity (Wildman–Crippen MR) is 104 cm³/mol. The summed E-state index contributed by atoms with van der Waals surface area (Å²) in [6, 6.07) is 13.5. The van der Waals surface area contributed by atoms with Crippen molar-refractivity contribution in [3.63, 3.8) is 0 Å². The van der Waals surface area contributed by atoms with Crippen LogP contribution in [-0.2, 0) is 11.2 Å². The molecule has 0 fully saturated rings. The molecule has 1 heterocycles. The second kappa shape index (κ2) is 6.99. The normalized spacial score (nSPS) is 15.5. The lowest BCUT2D eigenvalue weighted by atomic mass is 9.85. The van der Waals surface area contributed by atoms with Crippen LogP contribution in [0, 0.1) is 10.1 Å². The lowest BCUT2D eigenvalue weighted by Gasteiger charge is -2.28. The first-order valence-electron chi connectivity index (χ1n) is 8.33. The van der Waals surface area contributed by atoms with E-state index < -0.39 is 16.4 Å². The van der Waals surface area contributed by atoms with Crippen molar-refractivity contribution in [3.05, 3.63) is 69.8 Å². The minimum Gasteiger partial charge on any atom is -0.364 e. The first-order valence-corrected chi connectivity index (χ1v) is 8.33. The number of hydrazone groups is 1. The Balaban J connectivity index is 2.01. The van der Waals surface area contributed by atoms with Gasteiger partial charge in [0, 0.05) is 17.7 Å². The molecule has 0 spiro atoms. The van der Waals surface area contributed by atoms with Crippen molar-refractivity contribution in [2.24, 2.45) is 15.8 Å². The fraction of sp³-hybridized carbons (Fsp3) is 0.211. The SMILES string of the molecule is CC1(C)Cc2ccccc2C(C(=NNc2cccc([N+](=O)[O-])c2)C(N)=O)=N1. The van der Waals surface area contributed by atoms with Crippen LogP contribution >= 0.6 is 0 Å². The molecule has 0 atom stereocenters. The smallest absolute Gasteiger partial charge is 0.271 e. The number of non-ortho nitro benzene ring substituents is 1. The van der Waals surface area contributed by atoms with Gasteiger partial charge >= 0.3 is 0 Å². The van der Waals surface area contributed by atoms with E-state index in [-0.39, 0.29) is 11.4 Å². The highest BCUT2D eigenvalue weighted by atomic mass is 16.6. The molecule has 0 saturated carbocycles. The molecule has 0 radical (unpaired) electrons. The zero-order valence-electron chi connectivity index (χ0n) is 15.0. The van der Waals surface area contributed by atoms with Crippen molar-refractivity contribution in [1.29, 1.82) is 0 Å². The Morgan fingerprint density at radius 2 is 2.00 bits per heavy atom. The zero-order valence-corrected chi connectivity index (χ0v) is 15.0. The number of nitro benzene ring substituents is 1. The summed E-state index contributed by atoms with van der Waals surface area (Å²) in [4.78, 5) is 27.1. The highest BCUT2D eigenvalue weighted by Crippen LogP contribution is 2.27. The fourth-order valence-electron chi connectivity index (χ4n) is 2.99. The summed E-state index contributed by atoms with van der Waals surface area (Å²) in [5.74, 6) is -0.737. The second-order valence-electron chi connectivity index (χ2n) is 6.85. The maximum atomic E-state index is 12.1. The summed E-state index contributed by atoms with van der Waals surface area (Å²) in [7, 11) is 0. The zero-order chi connectivity index (χ0) is 19.6. The number of carbonyl (C=O) groups is 1. The molecule has 0 saturated heterocycles. The Morgan fingerprint density at radius 3 is 2.70 bits per heavy atom. The summed E-state index contributed by atoms with van der Waals surface area (Å²) in [6.45, 7) is 3.94. The van der Waals surface area contributed by atoms with E-state index in [9.17, 15) is 14.9 Å². The molecule has 2 aromatic carbocycles. The number of nitrogens with zero attached hydrogens (tertiary/aromatic N) is 3. The Labute approximate surface area is 156 Å². The summed E-state index contributed by atoms with van der Waals surface area (Å²) in [6.07, 6.45) is 0.733. The first kappa shape index (κ1) is 18.2. The second-order valence-corrected chi connectivity index (χ2v) is 6.85. The molecule has 0 unspecified atom stereocenters. The van der Waals surface area contributed by atoms with Gasteiger partial charge in [0.15, 0.2) is 5.71 Å². The number of nitrogens with two attached hydrogens (primary N) is 1. The van der Waals surface area contributed by atoms with Gasteiger partial charge in [0.1, 0.15) is 0 Å². The molecule has 0 aromatic heterocycles. The maximum absolute atomic E-state index is 12.1. The van der Waals surface area contributed by atoms with Gasteiger partial charge in [-0.2, -0.15) is 5.10 Å². The van der Waals surface area contributed by atoms with E-state index in [1.165, 1.54) is 18.2 Å². The molecule has 0 bridgehead atoms. The van der Waals surface area contributed by atoms with Gasteiger partial charge in [0.2, 0.25) is 0 Å². The Hall–Kier alpha value is -3.55. The first-order chi connectivity index (χ1) is 12.8. The summed E-state index contributed by atoms with van der Waals surface area (Å²) in [5, 5.41) is 15.0. The number of nitro groups is 1. The van der Waals surface area contributed by atoms with Crippen molar-refractivity contribution in [3.8, 4) is 0 Å². The lowest BCUT2D eigenvalue weighted by Crippen LogP contribution is -2.38. The summed E-state index contributed by atoms with van der Waals surface area (Å²) < 4.78 is 0. The summed E-state index contributed by atoms with van der Waals surface area (Å²) >= 11 is 0. The Bertz CT molecular complexity index is 979. The van der Waals surface area contributed by atoms with E-state index in [0.717, 1.165) is 17.5 Å². The fourth-order valence-corrected chi connectivity index (χ4v) is 2.99. The Morgan fingerprint density at radius 1 is 1.26 bits per heavy atom. The molecule has 1 aliphatic heterocycles. The van der Waals surface area contributed by atoms with Crippen LogP contribution in [0.5, 0.6) is 0 Å². The largest absolute Gasteiger partial charge is 0.364 e. The number of anilines is 1. The van der Waals surface area contributed by atoms with Crippen LogP contribution in [0.1, 0.15) is 25.0 Å². The molecule has 1 aliphatic rings. The molecule has 3 rings (SSSR count). The van der Waals surface area contributed by atoms with E-state index in [4.69, 9.17) is 5.73 Å². The van der Waals surface area contributed by atoms with Crippen LogP contribution in [0.25, 0.3) is 0 Å². The predicted octanol–water partition coefficient (Wildman–Crippen LogP) is 2.67. The van der Waals surface area contributed by atoms with Crippen molar-refractivity contribution >= 4 is 28.7 Å². The number of primary amides is 1. The molecular weight excluding hydrogens is 346 g/mol. The van der Waals surface area contributed by atoms with Gasteiger partial charge in [-0.15, -0.1) is 0 Å².